The van der Waals surface area contributed by atoms with E-state index in [1.54, 1.807) is 48.7 Å². The van der Waals surface area contributed by atoms with Gasteiger partial charge in [0.2, 0.25) is 5.91 Å². The van der Waals surface area contributed by atoms with Gasteiger partial charge in [-0.3, -0.25) is 19.8 Å². The predicted octanol–water partition coefficient (Wildman–Crippen LogP) is 2.73. The summed E-state index contributed by atoms with van der Waals surface area (Å²) in [7, 11) is 3.29. The van der Waals surface area contributed by atoms with Gasteiger partial charge in [-0.05, 0) is 49.7 Å². The third-order valence-corrected chi connectivity index (χ3v) is 6.47. The summed E-state index contributed by atoms with van der Waals surface area (Å²) >= 11 is 0. The highest BCUT2D eigenvalue weighted by Crippen LogP contribution is 2.22. The molecule has 1 aliphatic rings. The van der Waals surface area contributed by atoms with E-state index >= 15 is 0 Å². The Kier molecular flexibility index (Phi) is 7.88. The number of hydrogen-bond donors (Lipinski definition) is 3. The van der Waals surface area contributed by atoms with Crippen molar-refractivity contribution in [2.45, 2.75) is 26.0 Å². The van der Waals surface area contributed by atoms with Gasteiger partial charge in [0.15, 0.2) is 0 Å². The first-order valence-electron chi connectivity index (χ1n) is 12.1. The number of piperidine rings is 1. The lowest BCUT2D eigenvalue weighted by molar-refractivity contribution is -0.135. The molecule has 10 heteroatoms. The summed E-state index contributed by atoms with van der Waals surface area (Å²) in [6.07, 6.45) is 0.312. The molecule has 10 nitrogen and oxygen atoms in total. The van der Waals surface area contributed by atoms with Crippen molar-refractivity contribution in [3.8, 4) is 5.75 Å². The van der Waals surface area contributed by atoms with Gasteiger partial charge >= 0.3 is 6.03 Å². The number of rotatable bonds is 6. The van der Waals surface area contributed by atoms with Crippen LogP contribution in [0.2, 0.25) is 0 Å². The number of carbonyl (C=O) groups is 3. The van der Waals surface area contributed by atoms with Gasteiger partial charge in [0, 0.05) is 49.4 Å². The molecule has 1 fully saturated rings. The molecule has 0 bridgehead atoms. The predicted molar refractivity (Wildman–Crippen MR) is 137 cm³/mol. The van der Waals surface area contributed by atoms with Gasteiger partial charge in [0.25, 0.3) is 5.91 Å². The Hall–Kier alpha value is -4.18. The van der Waals surface area contributed by atoms with E-state index in [4.69, 9.17) is 9.94 Å². The minimum absolute atomic E-state index is 0.154. The van der Waals surface area contributed by atoms with Crippen LogP contribution in [0.25, 0.3) is 10.9 Å². The van der Waals surface area contributed by atoms with E-state index in [9.17, 15) is 14.4 Å². The lowest BCUT2D eigenvalue weighted by Gasteiger charge is -2.38. The number of likely N-dealkylation sites (tertiary alicyclic amines) is 1. The van der Waals surface area contributed by atoms with Gasteiger partial charge in [-0.25, -0.2) is 10.3 Å². The second-order valence-corrected chi connectivity index (χ2v) is 9.33. The van der Waals surface area contributed by atoms with Crippen LogP contribution in [0.15, 0.2) is 54.6 Å². The van der Waals surface area contributed by atoms with E-state index in [1.807, 2.05) is 37.3 Å². The van der Waals surface area contributed by atoms with Crippen molar-refractivity contribution in [2.75, 3.05) is 27.2 Å². The Balaban J connectivity index is 1.42. The number of carbonyl (C=O) groups excluding carboxylic acids is 3. The minimum atomic E-state index is -0.665. The van der Waals surface area contributed by atoms with Gasteiger partial charge in [0.1, 0.15) is 12.4 Å². The molecule has 1 aliphatic heterocycles. The Morgan fingerprint density at radius 1 is 1.14 bits per heavy atom. The number of urea groups is 1. The number of fused-ring (bicyclic) bond motifs is 1. The van der Waals surface area contributed by atoms with E-state index in [-0.39, 0.29) is 18.5 Å². The van der Waals surface area contributed by atoms with Gasteiger partial charge in [-0.1, -0.05) is 18.2 Å². The number of para-hydroxylation sites is 1. The van der Waals surface area contributed by atoms with E-state index in [0.717, 1.165) is 22.2 Å². The third-order valence-electron chi connectivity index (χ3n) is 6.47. The van der Waals surface area contributed by atoms with Crippen LogP contribution in [0.5, 0.6) is 5.75 Å². The molecule has 4 amide bonds. The van der Waals surface area contributed by atoms with Crippen molar-refractivity contribution >= 4 is 28.7 Å². The fraction of sp³-hybridized carbons (Fsp3) is 0.333. The van der Waals surface area contributed by atoms with E-state index in [1.165, 1.54) is 4.90 Å². The number of amides is 4. The van der Waals surface area contributed by atoms with Gasteiger partial charge in [-0.15, -0.1) is 0 Å². The van der Waals surface area contributed by atoms with Crippen LogP contribution in [-0.2, 0) is 11.4 Å². The Bertz CT molecular complexity index is 1290. The maximum atomic E-state index is 13.0. The molecule has 0 unspecified atom stereocenters. The van der Waals surface area contributed by atoms with Crippen LogP contribution in [0, 0.1) is 12.8 Å². The highest BCUT2D eigenvalue weighted by Gasteiger charge is 2.37. The number of benzene rings is 2. The number of aryl methyl sites for hydroxylation is 1. The van der Waals surface area contributed by atoms with Crippen molar-refractivity contribution in [2.24, 2.45) is 5.92 Å². The molecule has 37 heavy (non-hydrogen) atoms. The fourth-order valence-corrected chi connectivity index (χ4v) is 4.58. The average molecular weight is 506 g/mol. The molecule has 3 N–H and O–H groups in total. The second kappa shape index (κ2) is 11.3. The summed E-state index contributed by atoms with van der Waals surface area (Å²) < 4.78 is 5.98. The number of hydroxylamine groups is 1. The molecule has 2 atom stereocenters. The summed E-state index contributed by atoms with van der Waals surface area (Å²) in [5, 5.41) is 13.0. The van der Waals surface area contributed by atoms with E-state index < -0.39 is 17.9 Å². The summed E-state index contributed by atoms with van der Waals surface area (Å²) in [6.45, 7) is 2.80. The zero-order valence-electron chi connectivity index (χ0n) is 21.1. The highest BCUT2D eigenvalue weighted by molar-refractivity contribution is 5.95. The lowest BCUT2D eigenvalue weighted by atomic mass is 9.90. The average Bonchev–Trinajstić information content (AvgIpc) is 2.90. The summed E-state index contributed by atoms with van der Waals surface area (Å²) in [4.78, 5) is 45.2. The number of ether oxygens (including phenoxy) is 1. The van der Waals surface area contributed by atoms with Crippen LogP contribution < -0.4 is 15.5 Å². The van der Waals surface area contributed by atoms with Crippen LogP contribution >= 0.6 is 0 Å². The van der Waals surface area contributed by atoms with Crippen LogP contribution in [0.3, 0.4) is 0 Å². The molecule has 0 spiro atoms. The van der Waals surface area contributed by atoms with Crippen LogP contribution in [0.1, 0.15) is 28.0 Å². The smallest absolute Gasteiger partial charge is 0.319 e. The molecule has 1 saturated heterocycles. The Morgan fingerprint density at radius 3 is 2.57 bits per heavy atom. The standard InChI is InChI=1S/C27H31N5O5/c1-17-14-19(21-6-4-5-7-23(21)28-17)16-37-20-10-8-18(9-11-20)25(33)29-24-15-32(27(35)31(2)3)13-12-22(24)26(34)30-36/h4-11,14,22,24,36H,12-13,15-16H2,1-3H3,(H,29,33)(H,30,34)/t22-,24-/m0/s1. The van der Waals surface area contributed by atoms with Crippen LogP contribution in [-0.4, -0.2) is 71.1 Å². The molecule has 2 heterocycles. The normalized spacial score (nSPS) is 17.2. The Morgan fingerprint density at radius 2 is 1.86 bits per heavy atom. The number of pyridine rings is 1. The zero-order chi connectivity index (χ0) is 26.5. The Labute approximate surface area is 215 Å². The molecule has 194 valence electrons. The quantitative estimate of drug-likeness (QED) is 0.350. The van der Waals surface area contributed by atoms with Crippen molar-refractivity contribution in [1.29, 1.82) is 0 Å². The molecule has 3 aromatic rings. The van der Waals surface area contributed by atoms with Crippen molar-refractivity contribution in [1.82, 2.24) is 25.6 Å². The minimum Gasteiger partial charge on any atom is -0.489 e. The topological polar surface area (TPSA) is 124 Å². The molecule has 0 radical (unpaired) electrons. The van der Waals surface area contributed by atoms with Crippen molar-refractivity contribution in [3.63, 3.8) is 0 Å². The summed E-state index contributed by atoms with van der Waals surface area (Å²) in [5.41, 5.74) is 4.90. The van der Waals surface area contributed by atoms with Crippen LogP contribution in [0.4, 0.5) is 4.79 Å². The number of nitrogens with zero attached hydrogens (tertiary/aromatic N) is 3. The number of nitrogens with one attached hydrogen (secondary N) is 2. The van der Waals surface area contributed by atoms with Crippen molar-refractivity contribution in [3.05, 3.63) is 71.4 Å². The number of aromatic nitrogens is 1. The monoisotopic (exact) mass is 505 g/mol. The zero-order valence-corrected chi connectivity index (χ0v) is 21.1. The molecule has 0 aliphatic carbocycles. The van der Waals surface area contributed by atoms with E-state index in [0.29, 0.717) is 30.9 Å². The second-order valence-electron chi connectivity index (χ2n) is 9.33. The van der Waals surface area contributed by atoms with E-state index in [2.05, 4.69) is 10.3 Å². The maximum Gasteiger partial charge on any atom is 0.319 e. The lowest BCUT2D eigenvalue weighted by Crippen LogP contribution is -2.58. The molecule has 0 saturated carbocycles. The molecular formula is C27H31N5O5. The molecular weight excluding hydrogens is 474 g/mol. The maximum absolute atomic E-state index is 13.0. The van der Waals surface area contributed by atoms with Gasteiger partial charge in [0.05, 0.1) is 17.5 Å². The van der Waals surface area contributed by atoms with Gasteiger partial charge < -0.3 is 19.9 Å². The first-order chi connectivity index (χ1) is 17.8. The van der Waals surface area contributed by atoms with Crippen molar-refractivity contribution < 1.29 is 24.3 Å². The molecule has 1 aromatic heterocycles. The third kappa shape index (κ3) is 5.97. The largest absolute Gasteiger partial charge is 0.489 e. The summed E-state index contributed by atoms with van der Waals surface area (Å²) in [5.74, 6) is -1.04. The molecule has 4 rings (SSSR count). The highest BCUT2D eigenvalue weighted by atomic mass is 16.5. The molecule has 2 aromatic carbocycles. The SMILES string of the molecule is Cc1cc(COc2ccc(C(=O)N[C@H]3CN(C(=O)N(C)C)CC[C@@H]3C(=O)NO)cc2)c2ccccc2n1. The fourth-order valence-electron chi connectivity index (χ4n) is 4.58. The first-order valence-corrected chi connectivity index (χ1v) is 12.1. The summed E-state index contributed by atoms with van der Waals surface area (Å²) in [6, 6.07) is 15.7. The first kappa shape index (κ1) is 25.9. The van der Waals surface area contributed by atoms with Gasteiger partial charge in [-0.2, -0.15) is 0 Å². The number of hydrogen-bond acceptors (Lipinski definition) is 6.